The third-order valence-electron chi connectivity index (χ3n) is 2.68. The maximum Gasteiger partial charge on any atom is 0.362 e. The normalized spacial score (nSPS) is 11.4. The van der Waals surface area contributed by atoms with Crippen LogP contribution in [0.25, 0.3) is 0 Å². The molecule has 0 amide bonds. The van der Waals surface area contributed by atoms with Gasteiger partial charge in [0, 0.05) is 5.02 Å². The van der Waals surface area contributed by atoms with E-state index < -0.39 is 5.97 Å². The first kappa shape index (κ1) is 14.6. The Labute approximate surface area is 123 Å². The number of aryl methyl sites for hydroxylation is 1. The first-order chi connectivity index (χ1) is 9.27. The van der Waals surface area contributed by atoms with Gasteiger partial charge in [0.25, 0.3) is 0 Å². The highest BCUT2D eigenvalue weighted by atomic mass is 35.5. The van der Waals surface area contributed by atoms with Gasteiger partial charge in [-0.05, 0) is 52.0 Å². The third-order valence-corrected chi connectivity index (χ3v) is 2.92. The van der Waals surface area contributed by atoms with E-state index in [-0.39, 0.29) is 5.54 Å². The van der Waals surface area contributed by atoms with E-state index in [9.17, 15) is 4.79 Å². The van der Waals surface area contributed by atoms with Gasteiger partial charge in [-0.25, -0.2) is 4.79 Å². The zero-order chi connectivity index (χ0) is 14.9. The van der Waals surface area contributed by atoms with Gasteiger partial charge in [0.05, 0.1) is 11.2 Å². The van der Waals surface area contributed by atoms with Gasteiger partial charge in [0.1, 0.15) is 11.4 Å². The Bertz CT molecular complexity index is 642. The van der Waals surface area contributed by atoms with Crippen LogP contribution >= 0.6 is 11.6 Å². The number of benzene rings is 1. The standard InChI is InChI=1S/C15H17ClN2O2/c1-10-8-13(18(17-10)15(2,3)4)14(19)20-12-7-5-6-11(16)9-12/h5-9H,1-4H3. The minimum Gasteiger partial charge on any atom is -0.422 e. The molecule has 0 fully saturated rings. The number of carbonyl (C=O) groups excluding carboxylic acids is 1. The molecule has 5 heteroatoms. The van der Waals surface area contributed by atoms with Crippen LogP contribution in [0.15, 0.2) is 30.3 Å². The van der Waals surface area contributed by atoms with E-state index in [1.165, 1.54) is 0 Å². The van der Waals surface area contributed by atoms with E-state index in [0.29, 0.717) is 16.5 Å². The fourth-order valence-electron chi connectivity index (χ4n) is 1.85. The predicted molar refractivity (Wildman–Crippen MR) is 78.4 cm³/mol. The zero-order valence-electron chi connectivity index (χ0n) is 12.0. The summed E-state index contributed by atoms with van der Waals surface area (Å²) in [7, 11) is 0. The Morgan fingerprint density at radius 1 is 1.30 bits per heavy atom. The molecule has 0 saturated carbocycles. The van der Waals surface area contributed by atoms with Crippen LogP contribution < -0.4 is 4.74 Å². The molecule has 0 aliphatic carbocycles. The lowest BCUT2D eigenvalue weighted by atomic mass is 10.1. The van der Waals surface area contributed by atoms with Crippen molar-refractivity contribution < 1.29 is 9.53 Å². The molecule has 4 nitrogen and oxygen atoms in total. The van der Waals surface area contributed by atoms with Crippen molar-refractivity contribution in [3.8, 4) is 5.75 Å². The van der Waals surface area contributed by atoms with Crippen molar-refractivity contribution >= 4 is 17.6 Å². The van der Waals surface area contributed by atoms with E-state index in [1.54, 1.807) is 35.0 Å². The van der Waals surface area contributed by atoms with Crippen LogP contribution in [-0.4, -0.2) is 15.7 Å². The average Bonchev–Trinajstić information content (AvgIpc) is 2.71. The van der Waals surface area contributed by atoms with Gasteiger partial charge >= 0.3 is 5.97 Å². The molecule has 2 rings (SSSR count). The van der Waals surface area contributed by atoms with Crippen LogP contribution in [0.3, 0.4) is 0 Å². The van der Waals surface area contributed by atoms with Gasteiger partial charge in [-0.3, -0.25) is 4.68 Å². The molecule has 0 saturated heterocycles. The van der Waals surface area contributed by atoms with Crippen LogP contribution in [0.4, 0.5) is 0 Å². The fraction of sp³-hybridized carbons (Fsp3) is 0.333. The van der Waals surface area contributed by atoms with Gasteiger partial charge in [-0.15, -0.1) is 0 Å². The van der Waals surface area contributed by atoms with E-state index in [1.807, 2.05) is 27.7 Å². The molecule has 1 heterocycles. The molecule has 1 aromatic heterocycles. The minimum atomic E-state index is -0.442. The summed E-state index contributed by atoms with van der Waals surface area (Å²) in [4.78, 5) is 12.3. The average molecular weight is 293 g/mol. The Balaban J connectivity index is 2.30. The number of halogens is 1. The third kappa shape index (κ3) is 3.20. The summed E-state index contributed by atoms with van der Waals surface area (Å²) in [5.41, 5.74) is 0.907. The van der Waals surface area contributed by atoms with Crippen molar-refractivity contribution in [2.45, 2.75) is 33.2 Å². The molecule has 0 aliphatic heterocycles. The van der Waals surface area contributed by atoms with Gasteiger partial charge in [-0.1, -0.05) is 17.7 Å². The van der Waals surface area contributed by atoms with Gasteiger partial charge in [0.15, 0.2) is 0 Å². The highest BCUT2D eigenvalue weighted by Crippen LogP contribution is 2.21. The summed E-state index contributed by atoms with van der Waals surface area (Å²) >= 11 is 5.87. The van der Waals surface area contributed by atoms with Crippen LogP contribution in [0, 0.1) is 6.92 Å². The fourth-order valence-corrected chi connectivity index (χ4v) is 2.03. The van der Waals surface area contributed by atoms with Gasteiger partial charge in [0.2, 0.25) is 0 Å². The molecule has 1 aromatic carbocycles. The molecule has 0 spiro atoms. The van der Waals surface area contributed by atoms with Crippen molar-refractivity contribution in [2.24, 2.45) is 0 Å². The molecule has 0 N–H and O–H groups in total. The maximum atomic E-state index is 12.3. The summed E-state index contributed by atoms with van der Waals surface area (Å²) < 4.78 is 7.02. The second-order valence-corrected chi connectivity index (χ2v) is 6.04. The molecular formula is C15H17ClN2O2. The number of ether oxygens (including phenoxy) is 1. The number of hydrogen-bond donors (Lipinski definition) is 0. The molecule has 0 unspecified atom stereocenters. The summed E-state index contributed by atoms with van der Waals surface area (Å²) in [5, 5.41) is 4.88. The van der Waals surface area contributed by atoms with Gasteiger partial charge in [-0.2, -0.15) is 5.10 Å². The van der Waals surface area contributed by atoms with E-state index >= 15 is 0 Å². The lowest BCUT2D eigenvalue weighted by Gasteiger charge is -2.21. The second kappa shape index (κ2) is 5.29. The van der Waals surface area contributed by atoms with Crippen molar-refractivity contribution in [3.05, 3.63) is 46.7 Å². The van der Waals surface area contributed by atoms with Crippen LogP contribution in [0.5, 0.6) is 5.75 Å². The van der Waals surface area contributed by atoms with Crippen molar-refractivity contribution in [1.29, 1.82) is 0 Å². The highest BCUT2D eigenvalue weighted by molar-refractivity contribution is 6.30. The topological polar surface area (TPSA) is 44.1 Å². The Kier molecular flexibility index (Phi) is 3.86. The number of rotatable bonds is 2. The number of esters is 1. The van der Waals surface area contributed by atoms with E-state index in [0.717, 1.165) is 5.69 Å². The van der Waals surface area contributed by atoms with E-state index in [4.69, 9.17) is 16.3 Å². The molecule has 0 aliphatic rings. The molecule has 20 heavy (non-hydrogen) atoms. The predicted octanol–water partition coefficient (Wildman–Crippen LogP) is 3.82. The largest absolute Gasteiger partial charge is 0.422 e. The highest BCUT2D eigenvalue weighted by Gasteiger charge is 2.24. The van der Waals surface area contributed by atoms with Crippen molar-refractivity contribution in [1.82, 2.24) is 9.78 Å². The molecule has 106 valence electrons. The zero-order valence-corrected chi connectivity index (χ0v) is 12.7. The number of nitrogens with zero attached hydrogens (tertiary/aromatic N) is 2. The molecule has 0 atom stereocenters. The molecule has 0 radical (unpaired) electrons. The number of aromatic nitrogens is 2. The number of carbonyl (C=O) groups is 1. The second-order valence-electron chi connectivity index (χ2n) is 5.60. The maximum absolute atomic E-state index is 12.3. The van der Waals surface area contributed by atoms with Crippen molar-refractivity contribution in [2.75, 3.05) is 0 Å². The monoisotopic (exact) mass is 292 g/mol. The minimum absolute atomic E-state index is 0.295. The SMILES string of the molecule is Cc1cc(C(=O)Oc2cccc(Cl)c2)n(C(C)(C)C)n1. The van der Waals surface area contributed by atoms with Crippen LogP contribution in [0.1, 0.15) is 37.0 Å². The quantitative estimate of drug-likeness (QED) is 0.624. The van der Waals surface area contributed by atoms with Gasteiger partial charge < -0.3 is 4.74 Å². The lowest BCUT2D eigenvalue weighted by molar-refractivity contribution is 0.0713. The first-order valence-electron chi connectivity index (χ1n) is 6.32. The molecule has 2 aromatic rings. The Hall–Kier alpha value is -1.81. The summed E-state index contributed by atoms with van der Waals surface area (Å²) in [6.45, 7) is 7.79. The summed E-state index contributed by atoms with van der Waals surface area (Å²) in [6, 6.07) is 8.47. The molecule has 0 bridgehead atoms. The summed E-state index contributed by atoms with van der Waals surface area (Å²) in [5.74, 6) is -0.0235. The summed E-state index contributed by atoms with van der Waals surface area (Å²) in [6.07, 6.45) is 0. The Morgan fingerprint density at radius 3 is 2.60 bits per heavy atom. The smallest absolute Gasteiger partial charge is 0.362 e. The number of hydrogen-bond acceptors (Lipinski definition) is 3. The van der Waals surface area contributed by atoms with Crippen LogP contribution in [-0.2, 0) is 5.54 Å². The van der Waals surface area contributed by atoms with Crippen LogP contribution in [0.2, 0.25) is 5.02 Å². The lowest BCUT2D eigenvalue weighted by Crippen LogP contribution is -2.28. The Morgan fingerprint density at radius 2 is 2.00 bits per heavy atom. The van der Waals surface area contributed by atoms with E-state index in [2.05, 4.69) is 5.10 Å². The first-order valence-corrected chi connectivity index (χ1v) is 6.70. The van der Waals surface area contributed by atoms with Crippen molar-refractivity contribution in [3.63, 3.8) is 0 Å². The molecular weight excluding hydrogens is 276 g/mol.